The smallest absolute Gasteiger partial charge is 0.263 e. The van der Waals surface area contributed by atoms with Gasteiger partial charge in [-0.25, -0.2) is 9.37 Å². The predicted octanol–water partition coefficient (Wildman–Crippen LogP) is 3.84. The van der Waals surface area contributed by atoms with Crippen LogP contribution < -0.4 is 5.56 Å². The van der Waals surface area contributed by atoms with Crippen LogP contribution in [0.25, 0.3) is 10.2 Å². The molecular formula is C19H19FN2O3S2. The monoisotopic (exact) mass is 406 g/mol. The standard InChI is InChI=1S/C19H19FN2O3S2/c1-11-12(2)27-17-16(11)18(24)22(8-9-25-3)19(21-17)26-10-15(23)13-4-6-14(20)7-5-13/h4-7H,8-10H2,1-3H3. The van der Waals surface area contributed by atoms with Crippen molar-refractivity contribution in [1.29, 1.82) is 0 Å². The molecule has 0 amide bonds. The highest BCUT2D eigenvalue weighted by molar-refractivity contribution is 7.99. The van der Waals surface area contributed by atoms with E-state index in [1.54, 1.807) is 11.7 Å². The van der Waals surface area contributed by atoms with Crippen LogP contribution >= 0.6 is 23.1 Å². The molecule has 1 aromatic carbocycles. The number of carbonyl (C=O) groups excluding carboxylic acids is 1. The topological polar surface area (TPSA) is 61.2 Å². The summed E-state index contributed by atoms with van der Waals surface area (Å²) in [6.45, 7) is 4.61. The van der Waals surface area contributed by atoms with Crippen molar-refractivity contribution in [3.05, 3.63) is 56.4 Å². The highest BCUT2D eigenvalue weighted by Gasteiger charge is 2.18. The SMILES string of the molecule is COCCn1c(SCC(=O)c2ccc(F)cc2)nc2sc(C)c(C)c2c1=O. The number of fused-ring (bicyclic) bond motifs is 1. The molecule has 2 aromatic heterocycles. The molecule has 3 rings (SSSR count). The second-order valence-corrected chi connectivity index (χ2v) is 8.17. The summed E-state index contributed by atoms with van der Waals surface area (Å²) in [6.07, 6.45) is 0. The molecule has 0 atom stereocenters. The number of thiophene rings is 1. The molecule has 0 aliphatic heterocycles. The minimum absolute atomic E-state index is 0.111. The van der Waals surface area contributed by atoms with E-state index >= 15 is 0 Å². The van der Waals surface area contributed by atoms with E-state index in [1.165, 1.54) is 47.4 Å². The lowest BCUT2D eigenvalue weighted by molar-refractivity contribution is 0.102. The van der Waals surface area contributed by atoms with Crippen LogP contribution in [-0.2, 0) is 11.3 Å². The van der Waals surface area contributed by atoms with E-state index in [9.17, 15) is 14.0 Å². The molecule has 0 N–H and O–H groups in total. The number of halogens is 1. The first kappa shape index (κ1) is 19.7. The molecule has 0 saturated heterocycles. The van der Waals surface area contributed by atoms with E-state index in [2.05, 4.69) is 4.98 Å². The van der Waals surface area contributed by atoms with Crippen molar-refractivity contribution >= 4 is 39.1 Å². The van der Waals surface area contributed by atoms with Gasteiger partial charge in [0.2, 0.25) is 0 Å². The summed E-state index contributed by atoms with van der Waals surface area (Å²) in [5.41, 5.74) is 1.26. The molecule has 5 nitrogen and oxygen atoms in total. The predicted molar refractivity (Wildman–Crippen MR) is 107 cm³/mol. The molecule has 0 saturated carbocycles. The number of ketones is 1. The number of carbonyl (C=O) groups is 1. The van der Waals surface area contributed by atoms with Gasteiger partial charge in [0.25, 0.3) is 5.56 Å². The van der Waals surface area contributed by atoms with Crippen molar-refractivity contribution in [3.8, 4) is 0 Å². The third-order valence-electron chi connectivity index (χ3n) is 4.27. The number of methoxy groups -OCH3 is 1. The number of nitrogens with zero attached hydrogens (tertiary/aromatic N) is 2. The summed E-state index contributed by atoms with van der Waals surface area (Å²) in [6, 6.07) is 5.43. The molecule has 0 fully saturated rings. The lowest BCUT2D eigenvalue weighted by Crippen LogP contribution is -2.25. The van der Waals surface area contributed by atoms with Crippen molar-refractivity contribution in [3.63, 3.8) is 0 Å². The summed E-state index contributed by atoms with van der Waals surface area (Å²) < 4.78 is 19.7. The van der Waals surface area contributed by atoms with Gasteiger partial charge in [-0.05, 0) is 43.7 Å². The Bertz CT molecular complexity index is 1040. The van der Waals surface area contributed by atoms with Crippen LogP contribution in [0.3, 0.4) is 0 Å². The van der Waals surface area contributed by atoms with E-state index in [4.69, 9.17) is 4.74 Å². The summed E-state index contributed by atoms with van der Waals surface area (Å²) in [7, 11) is 1.57. The van der Waals surface area contributed by atoms with Crippen molar-refractivity contribution in [2.24, 2.45) is 0 Å². The zero-order chi connectivity index (χ0) is 19.6. The minimum atomic E-state index is -0.386. The molecule has 0 aliphatic carbocycles. The van der Waals surface area contributed by atoms with Gasteiger partial charge in [0.15, 0.2) is 10.9 Å². The number of aryl methyl sites for hydroxylation is 2. The fraction of sp³-hybridized carbons (Fsp3) is 0.316. The summed E-state index contributed by atoms with van der Waals surface area (Å²) in [5, 5.41) is 1.11. The van der Waals surface area contributed by atoms with Gasteiger partial charge in [-0.15, -0.1) is 11.3 Å². The second-order valence-electron chi connectivity index (χ2n) is 6.03. The van der Waals surface area contributed by atoms with E-state index in [-0.39, 0.29) is 22.9 Å². The van der Waals surface area contributed by atoms with Crippen LogP contribution in [0.1, 0.15) is 20.8 Å². The van der Waals surface area contributed by atoms with Crippen LogP contribution in [0.15, 0.2) is 34.2 Å². The molecule has 0 bridgehead atoms. The molecule has 2 heterocycles. The Labute approximate surface area is 164 Å². The number of aromatic nitrogens is 2. The molecule has 3 aromatic rings. The van der Waals surface area contributed by atoms with Gasteiger partial charge in [0, 0.05) is 17.6 Å². The number of rotatable bonds is 7. The molecule has 0 spiro atoms. The number of thioether (sulfide) groups is 1. The van der Waals surface area contributed by atoms with E-state index in [0.717, 1.165) is 10.4 Å². The number of benzene rings is 1. The Hall–Kier alpha value is -2.03. The van der Waals surface area contributed by atoms with Gasteiger partial charge in [-0.1, -0.05) is 11.8 Å². The average molecular weight is 407 g/mol. The Morgan fingerprint density at radius 2 is 2.00 bits per heavy atom. The third kappa shape index (κ3) is 4.12. The highest BCUT2D eigenvalue weighted by Crippen LogP contribution is 2.28. The third-order valence-corrected chi connectivity index (χ3v) is 6.35. The van der Waals surface area contributed by atoms with Crippen LogP contribution in [-0.4, -0.2) is 34.8 Å². The molecule has 0 aliphatic rings. The molecular weight excluding hydrogens is 387 g/mol. The van der Waals surface area contributed by atoms with Gasteiger partial charge in [-0.3, -0.25) is 14.2 Å². The fourth-order valence-electron chi connectivity index (χ4n) is 2.65. The number of ether oxygens (including phenoxy) is 1. The van der Waals surface area contributed by atoms with Crippen molar-refractivity contribution in [2.75, 3.05) is 19.5 Å². The van der Waals surface area contributed by atoms with Gasteiger partial charge in [0.05, 0.1) is 24.3 Å². The number of hydrogen-bond acceptors (Lipinski definition) is 6. The van der Waals surface area contributed by atoms with Crippen molar-refractivity contribution in [2.45, 2.75) is 25.5 Å². The number of hydrogen-bond donors (Lipinski definition) is 0. The lowest BCUT2D eigenvalue weighted by Gasteiger charge is -2.11. The first-order valence-corrected chi connectivity index (χ1v) is 10.1. The van der Waals surface area contributed by atoms with E-state index in [0.29, 0.717) is 34.1 Å². The Kier molecular flexibility index (Phi) is 6.08. The van der Waals surface area contributed by atoms with Crippen molar-refractivity contribution < 1.29 is 13.9 Å². The highest BCUT2D eigenvalue weighted by atomic mass is 32.2. The van der Waals surface area contributed by atoms with Crippen LogP contribution in [0.5, 0.6) is 0 Å². The average Bonchev–Trinajstić information content (AvgIpc) is 2.93. The molecule has 142 valence electrons. The fourth-order valence-corrected chi connectivity index (χ4v) is 4.64. The van der Waals surface area contributed by atoms with Gasteiger partial charge >= 0.3 is 0 Å². The maximum Gasteiger partial charge on any atom is 0.263 e. The largest absolute Gasteiger partial charge is 0.383 e. The first-order chi connectivity index (χ1) is 12.9. The Balaban J connectivity index is 1.93. The van der Waals surface area contributed by atoms with Crippen LogP contribution in [0.4, 0.5) is 4.39 Å². The quantitative estimate of drug-likeness (QED) is 0.339. The zero-order valence-electron chi connectivity index (χ0n) is 15.2. The molecule has 0 unspecified atom stereocenters. The van der Waals surface area contributed by atoms with Gasteiger partial charge in [-0.2, -0.15) is 0 Å². The van der Waals surface area contributed by atoms with E-state index in [1.807, 2.05) is 13.8 Å². The summed E-state index contributed by atoms with van der Waals surface area (Å²) in [4.78, 5) is 31.7. The number of Topliss-reactive ketones (excluding diaryl/α,β-unsaturated/α-hetero) is 1. The second kappa shape index (κ2) is 8.33. The van der Waals surface area contributed by atoms with Gasteiger partial charge in [0.1, 0.15) is 10.6 Å². The maximum atomic E-state index is 13.0. The summed E-state index contributed by atoms with van der Waals surface area (Å²) in [5.74, 6) is -0.422. The van der Waals surface area contributed by atoms with Crippen LogP contribution in [0, 0.1) is 19.7 Å². The van der Waals surface area contributed by atoms with Crippen molar-refractivity contribution in [1.82, 2.24) is 9.55 Å². The maximum absolute atomic E-state index is 13.0. The molecule has 0 radical (unpaired) electrons. The van der Waals surface area contributed by atoms with E-state index < -0.39 is 0 Å². The van der Waals surface area contributed by atoms with Crippen LogP contribution in [0.2, 0.25) is 0 Å². The van der Waals surface area contributed by atoms with Gasteiger partial charge < -0.3 is 4.74 Å². The Morgan fingerprint density at radius 3 is 2.67 bits per heavy atom. The normalized spacial score (nSPS) is 11.3. The zero-order valence-corrected chi connectivity index (χ0v) is 16.9. The lowest BCUT2D eigenvalue weighted by atomic mass is 10.1. The molecule has 8 heteroatoms. The molecule has 27 heavy (non-hydrogen) atoms. The Morgan fingerprint density at radius 1 is 1.30 bits per heavy atom. The minimum Gasteiger partial charge on any atom is -0.383 e. The summed E-state index contributed by atoms with van der Waals surface area (Å²) >= 11 is 2.68. The first-order valence-electron chi connectivity index (χ1n) is 8.33.